The smallest absolute Gasteiger partial charge is 0.164 e. The highest BCUT2D eigenvalue weighted by molar-refractivity contribution is 5.97. The normalized spacial score (nSPS) is 12.7. The van der Waals surface area contributed by atoms with E-state index in [-0.39, 0.29) is 5.78 Å². The number of aryl methyl sites for hydroxylation is 1. The van der Waals surface area contributed by atoms with Gasteiger partial charge in [-0.15, -0.1) is 0 Å². The molecule has 1 rings (SSSR count). The van der Waals surface area contributed by atoms with Crippen molar-refractivity contribution >= 4 is 5.78 Å². The molecule has 0 bridgehead atoms. The third-order valence-corrected chi connectivity index (χ3v) is 3.56. The number of nitrogens with zero attached hydrogens (tertiary/aromatic N) is 1. The summed E-state index contributed by atoms with van der Waals surface area (Å²) in [4.78, 5) is 16.1. The Morgan fingerprint density at radius 3 is 2.67 bits per heavy atom. The van der Waals surface area contributed by atoms with Gasteiger partial charge in [0.2, 0.25) is 0 Å². The first kappa shape index (κ1) is 14.8. The van der Waals surface area contributed by atoms with Crippen molar-refractivity contribution in [2.24, 2.45) is 17.6 Å². The van der Waals surface area contributed by atoms with Crippen molar-refractivity contribution in [2.75, 3.05) is 6.54 Å². The van der Waals surface area contributed by atoms with Crippen LogP contribution in [0.25, 0.3) is 0 Å². The van der Waals surface area contributed by atoms with Gasteiger partial charge < -0.3 is 5.73 Å². The SMILES string of the molecule is Cc1ccncc1C(=O)CCC(CCN)C(C)C. The molecule has 100 valence electrons. The molecular weight excluding hydrogens is 224 g/mol. The van der Waals surface area contributed by atoms with Gasteiger partial charge in [0.05, 0.1) is 0 Å². The number of carbonyl (C=O) groups excluding carboxylic acids is 1. The summed E-state index contributed by atoms with van der Waals surface area (Å²) in [5.74, 6) is 1.32. The molecule has 1 aromatic rings. The van der Waals surface area contributed by atoms with Crippen LogP contribution >= 0.6 is 0 Å². The van der Waals surface area contributed by atoms with Crippen molar-refractivity contribution in [3.05, 3.63) is 29.6 Å². The first-order valence-electron chi connectivity index (χ1n) is 6.70. The average molecular weight is 248 g/mol. The molecule has 1 aromatic heterocycles. The number of pyridine rings is 1. The minimum Gasteiger partial charge on any atom is -0.330 e. The minimum absolute atomic E-state index is 0.197. The molecule has 0 aliphatic carbocycles. The molecule has 0 aliphatic heterocycles. The molecule has 0 fully saturated rings. The van der Waals surface area contributed by atoms with Crippen LogP contribution in [0.5, 0.6) is 0 Å². The maximum Gasteiger partial charge on any atom is 0.164 e. The van der Waals surface area contributed by atoms with Gasteiger partial charge >= 0.3 is 0 Å². The fourth-order valence-electron chi connectivity index (χ4n) is 2.23. The standard InChI is InChI=1S/C15H24N2O/c1-11(2)13(6-8-16)4-5-15(18)14-10-17-9-7-12(14)3/h7,9-11,13H,4-6,8,16H2,1-3H3. The zero-order valence-electron chi connectivity index (χ0n) is 11.6. The lowest BCUT2D eigenvalue weighted by atomic mass is 9.87. The van der Waals surface area contributed by atoms with E-state index in [0.717, 1.165) is 24.0 Å². The molecule has 2 N–H and O–H groups in total. The van der Waals surface area contributed by atoms with Gasteiger partial charge in [0, 0.05) is 24.4 Å². The van der Waals surface area contributed by atoms with E-state index >= 15 is 0 Å². The van der Waals surface area contributed by atoms with E-state index in [9.17, 15) is 4.79 Å². The van der Waals surface area contributed by atoms with Crippen molar-refractivity contribution < 1.29 is 4.79 Å². The van der Waals surface area contributed by atoms with Crippen molar-refractivity contribution in [1.29, 1.82) is 0 Å². The summed E-state index contributed by atoms with van der Waals surface area (Å²) >= 11 is 0. The van der Waals surface area contributed by atoms with E-state index in [2.05, 4.69) is 18.8 Å². The Balaban J connectivity index is 2.58. The van der Waals surface area contributed by atoms with Gasteiger partial charge in [-0.25, -0.2) is 0 Å². The molecule has 0 aliphatic rings. The Hall–Kier alpha value is -1.22. The fourth-order valence-corrected chi connectivity index (χ4v) is 2.23. The highest BCUT2D eigenvalue weighted by Crippen LogP contribution is 2.22. The molecule has 0 saturated heterocycles. The molecule has 1 unspecified atom stereocenters. The van der Waals surface area contributed by atoms with Crippen LogP contribution in [0, 0.1) is 18.8 Å². The second-order valence-electron chi connectivity index (χ2n) is 5.23. The van der Waals surface area contributed by atoms with Crippen LogP contribution in [0.15, 0.2) is 18.5 Å². The Morgan fingerprint density at radius 2 is 2.11 bits per heavy atom. The third-order valence-electron chi connectivity index (χ3n) is 3.56. The lowest BCUT2D eigenvalue weighted by Crippen LogP contribution is -2.16. The Labute approximate surface area is 110 Å². The number of rotatable bonds is 7. The molecule has 1 atom stereocenters. The van der Waals surface area contributed by atoms with Crippen LogP contribution < -0.4 is 5.73 Å². The van der Waals surface area contributed by atoms with Crippen LogP contribution in [0.3, 0.4) is 0 Å². The zero-order valence-corrected chi connectivity index (χ0v) is 11.6. The molecule has 1 heterocycles. The summed E-state index contributed by atoms with van der Waals surface area (Å²) < 4.78 is 0. The van der Waals surface area contributed by atoms with E-state index in [1.165, 1.54) is 0 Å². The van der Waals surface area contributed by atoms with Gasteiger partial charge in [-0.1, -0.05) is 13.8 Å². The van der Waals surface area contributed by atoms with E-state index in [1.54, 1.807) is 12.4 Å². The van der Waals surface area contributed by atoms with Gasteiger partial charge in [-0.05, 0) is 49.8 Å². The summed E-state index contributed by atoms with van der Waals surface area (Å²) in [7, 11) is 0. The molecule has 0 spiro atoms. The number of ketones is 1. The summed E-state index contributed by atoms with van der Waals surface area (Å²) in [5, 5.41) is 0. The summed E-state index contributed by atoms with van der Waals surface area (Å²) in [6.45, 7) is 7.04. The maximum absolute atomic E-state index is 12.1. The molecular formula is C15H24N2O. The highest BCUT2D eigenvalue weighted by atomic mass is 16.1. The first-order valence-corrected chi connectivity index (χ1v) is 6.70. The third kappa shape index (κ3) is 4.22. The topological polar surface area (TPSA) is 56.0 Å². The molecule has 18 heavy (non-hydrogen) atoms. The second-order valence-corrected chi connectivity index (χ2v) is 5.23. The maximum atomic E-state index is 12.1. The lowest BCUT2D eigenvalue weighted by molar-refractivity contribution is 0.0968. The van der Waals surface area contributed by atoms with E-state index in [4.69, 9.17) is 5.73 Å². The first-order chi connectivity index (χ1) is 8.56. The second kappa shape index (κ2) is 7.27. The van der Waals surface area contributed by atoms with Gasteiger partial charge in [-0.3, -0.25) is 9.78 Å². The number of hydrogen-bond acceptors (Lipinski definition) is 3. The minimum atomic E-state index is 0.197. The van der Waals surface area contributed by atoms with Gasteiger partial charge in [0.15, 0.2) is 5.78 Å². The molecule has 0 radical (unpaired) electrons. The molecule has 0 aromatic carbocycles. The van der Waals surface area contributed by atoms with Crippen molar-refractivity contribution in [1.82, 2.24) is 4.98 Å². The Kier molecular flexibility index (Phi) is 5.99. The van der Waals surface area contributed by atoms with Crippen molar-refractivity contribution in [3.63, 3.8) is 0 Å². The largest absolute Gasteiger partial charge is 0.330 e. The molecule has 0 amide bonds. The van der Waals surface area contributed by atoms with Crippen molar-refractivity contribution in [2.45, 2.75) is 40.0 Å². The van der Waals surface area contributed by atoms with Crippen molar-refractivity contribution in [3.8, 4) is 0 Å². The fraction of sp³-hybridized carbons (Fsp3) is 0.600. The van der Waals surface area contributed by atoms with Gasteiger partial charge in [0.1, 0.15) is 0 Å². The molecule has 3 heteroatoms. The van der Waals surface area contributed by atoms with Gasteiger partial charge in [-0.2, -0.15) is 0 Å². The van der Waals surface area contributed by atoms with E-state index in [0.29, 0.717) is 24.8 Å². The highest BCUT2D eigenvalue weighted by Gasteiger charge is 2.16. The summed E-state index contributed by atoms with van der Waals surface area (Å²) in [5.41, 5.74) is 7.38. The average Bonchev–Trinajstić information content (AvgIpc) is 2.34. The number of hydrogen-bond donors (Lipinski definition) is 1. The van der Waals surface area contributed by atoms with Crippen LogP contribution in [0.1, 0.15) is 49.0 Å². The summed E-state index contributed by atoms with van der Waals surface area (Å²) in [6.07, 6.45) is 5.90. The lowest BCUT2D eigenvalue weighted by Gasteiger charge is -2.19. The number of nitrogens with two attached hydrogens (primary N) is 1. The number of aromatic nitrogens is 1. The zero-order chi connectivity index (χ0) is 13.5. The quantitative estimate of drug-likeness (QED) is 0.755. The molecule has 3 nitrogen and oxygen atoms in total. The number of Topliss-reactive ketones (excluding diaryl/α,β-unsaturated/α-hetero) is 1. The van der Waals surface area contributed by atoms with Gasteiger partial charge in [0.25, 0.3) is 0 Å². The van der Waals surface area contributed by atoms with Crippen LogP contribution in [-0.4, -0.2) is 17.3 Å². The van der Waals surface area contributed by atoms with E-state index in [1.807, 2.05) is 13.0 Å². The van der Waals surface area contributed by atoms with Crippen LogP contribution in [-0.2, 0) is 0 Å². The number of carbonyl (C=O) groups is 1. The summed E-state index contributed by atoms with van der Waals surface area (Å²) in [6, 6.07) is 1.88. The van der Waals surface area contributed by atoms with Crippen LogP contribution in [0.4, 0.5) is 0 Å². The Morgan fingerprint density at radius 1 is 1.39 bits per heavy atom. The molecule has 0 saturated carbocycles. The Bertz CT molecular complexity index is 388. The van der Waals surface area contributed by atoms with E-state index < -0.39 is 0 Å². The predicted molar refractivity (Wildman–Crippen MR) is 74.5 cm³/mol. The van der Waals surface area contributed by atoms with Crippen LogP contribution in [0.2, 0.25) is 0 Å². The predicted octanol–water partition coefficient (Wildman–Crippen LogP) is 2.97. The monoisotopic (exact) mass is 248 g/mol.